The maximum atomic E-state index is 10.7. The molecule has 1 aromatic rings. The van der Waals surface area contributed by atoms with Crippen molar-refractivity contribution < 1.29 is 4.79 Å². The van der Waals surface area contributed by atoms with E-state index in [1.54, 1.807) is 0 Å². The molecule has 2 rings (SSSR count). The van der Waals surface area contributed by atoms with Crippen molar-refractivity contribution in [1.29, 1.82) is 0 Å². The van der Waals surface area contributed by atoms with Crippen molar-refractivity contribution >= 4 is 34.4 Å². The smallest absolute Gasteiger partial charge is 0.187 e. The van der Waals surface area contributed by atoms with E-state index in [-0.39, 0.29) is 0 Å². The summed E-state index contributed by atoms with van der Waals surface area (Å²) in [6, 6.07) is 0.403. The number of nitrogens with zero attached hydrogens (tertiary/aromatic N) is 3. The van der Waals surface area contributed by atoms with E-state index in [1.165, 1.54) is 11.3 Å². The van der Waals surface area contributed by atoms with Gasteiger partial charge < -0.3 is 9.80 Å². The van der Waals surface area contributed by atoms with Crippen molar-refractivity contribution in [2.75, 3.05) is 31.6 Å². The van der Waals surface area contributed by atoms with Gasteiger partial charge in [-0.05, 0) is 14.0 Å². The third-order valence-electron chi connectivity index (χ3n) is 2.78. The zero-order valence-electron chi connectivity index (χ0n) is 9.31. The number of aromatic nitrogens is 1. The zero-order chi connectivity index (χ0) is 11.7. The van der Waals surface area contributed by atoms with Crippen molar-refractivity contribution in [3.63, 3.8) is 0 Å². The summed E-state index contributed by atoms with van der Waals surface area (Å²) < 4.78 is 0. The number of rotatable bonds is 2. The number of halogens is 1. The lowest BCUT2D eigenvalue weighted by atomic mass is 10.2. The monoisotopic (exact) mass is 259 g/mol. The molecule has 1 fully saturated rings. The Labute approximate surface area is 104 Å². The van der Waals surface area contributed by atoms with Gasteiger partial charge in [-0.15, -0.1) is 0 Å². The Balaban J connectivity index is 2.20. The number of hydrogen-bond acceptors (Lipinski definition) is 5. The topological polar surface area (TPSA) is 36.4 Å². The minimum Gasteiger partial charge on any atom is -0.343 e. The van der Waals surface area contributed by atoms with Crippen LogP contribution < -0.4 is 4.90 Å². The summed E-state index contributed by atoms with van der Waals surface area (Å²) in [6.07, 6.45) is 0.768. The molecule has 2 heterocycles. The Kier molecular flexibility index (Phi) is 3.47. The summed E-state index contributed by atoms with van der Waals surface area (Å²) in [7, 11) is 2.11. The third-order valence-corrected chi connectivity index (χ3v) is 4.20. The molecule has 6 heteroatoms. The van der Waals surface area contributed by atoms with Crippen molar-refractivity contribution in [1.82, 2.24) is 9.88 Å². The van der Waals surface area contributed by atoms with Crippen molar-refractivity contribution in [3.8, 4) is 0 Å². The van der Waals surface area contributed by atoms with Gasteiger partial charge in [0.2, 0.25) is 0 Å². The first-order valence-corrected chi connectivity index (χ1v) is 6.38. The third kappa shape index (κ3) is 2.21. The first-order chi connectivity index (χ1) is 7.61. The second kappa shape index (κ2) is 4.69. The number of piperazine rings is 1. The summed E-state index contributed by atoms with van der Waals surface area (Å²) in [6.45, 7) is 5.11. The molecule has 0 radical (unpaired) electrons. The fraction of sp³-hybridized carbons (Fsp3) is 0.600. The Morgan fingerprint density at radius 3 is 2.88 bits per heavy atom. The van der Waals surface area contributed by atoms with E-state index in [1.807, 2.05) is 0 Å². The zero-order valence-corrected chi connectivity index (χ0v) is 10.9. The molecule has 0 N–H and O–H groups in total. The quantitative estimate of drug-likeness (QED) is 0.759. The first kappa shape index (κ1) is 11.8. The number of likely N-dealkylation sites (N-methyl/N-ethyl adjacent to an activating group) is 1. The normalized spacial score (nSPS) is 22.4. The Bertz CT molecular complexity index is 395. The highest BCUT2D eigenvalue weighted by molar-refractivity contribution is 7.17. The molecule has 0 saturated carbocycles. The summed E-state index contributed by atoms with van der Waals surface area (Å²) in [5.41, 5.74) is 0. The van der Waals surface area contributed by atoms with Crippen LogP contribution in [0.2, 0.25) is 5.15 Å². The molecule has 1 aliphatic heterocycles. The van der Waals surface area contributed by atoms with Gasteiger partial charge in [0.1, 0.15) is 4.88 Å². The molecule has 16 heavy (non-hydrogen) atoms. The van der Waals surface area contributed by atoms with E-state index in [9.17, 15) is 4.79 Å². The summed E-state index contributed by atoms with van der Waals surface area (Å²) in [5, 5.41) is 1.17. The first-order valence-electron chi connectivity index (χ1n) is 5.18. The summed E-state index contributed by atoms with van der Waals surface area (Å²) in [4.78, 5) is 20.0. The molecule has 0 aliphatic carbocycles. The van der Waals surface area contributed by atoms with Gasteiger partial charge in [-0.1, -0.05) is 22.9 Å². The lowest BCUT2D eigenvalue weighted by Crippen LogP contribution is -2.50. The van der Waals surface area contributed by atoms with Crippen LogP contribution in [0, 0.1) is 0 Å². The van der Waals surface area contributed by atoms with Crippen LogP contribution in [0.3, 0.4) is 0 Å². The van der Waals surface area contributed by atoms with Crippen LogP contribution >= 0.6 is 22.9 Å². The molecule has 0 bridgehead atoms. The van der Waals surface area contributed by atoms with Gasteiger partial charge in [0.25, 0.3) is 0 Å². The molecule has 1 unspecified atom stereocenters. The summed E-state index contributed by atoms with van der Waals surface area (Å²) in [5.74, 6) is 0. The maximum Gasteiger partial charge on any atom is 0.187 e. The molecule has 1 aromatic heterocycles. The average Bonchev–Trinajstić information content (AvgIpc) is 2.59. The maximum absolute atomic E-state index is 10.7. The van der Waals surface area contributed by atoms with Crippen LogP contribution in [0.25, 0.3) is 0 Å². The predicted octanol–water partition coefficient (Wildman–Crippen LogP) is 1.75. The van der Waals surface area contributed by atoms with Gasteiger partial charge in [0.05, 0.1) is 0 Å². The Morgan fingerprint density at radius 2 is 2.31 bits per heavy atom. The van der Waals surface area contributed by atoms with Crippen LogP contribution in [-0.4, -0.2) is 48.9 Å². The molecule has 1 saturated heterocycles. The minimum atomic E-state index is 0.320. The number of carbonyl (C=O) groups is 1. The molecular weight excluding hydrogens is 246 g/mol. The van der Waals surface area contributed by atoms with Gasteiger partial charge >= 0.3 is 0 Å². The molecule has 0 amide bonds. The summed E-state index contributed by atoms with van der Waals surface area (Å²) >= 11 is 7.24. The van der Waals surface area contributed by atoms with Gasteiger partial charge in [0, 0.05) is 25.7 Å². The molecule has 0 aromatic carbocycles. The lowest BCUT2D eigenvalue weighted by Gasteiger charge is -2.38. The van der Waals surface area contributed by atoms with Crippen molar-refractivity contribution in [3.05, 3.63) is 10.0 Å². The van der Waals surface area contributed by atoms with Gasteiger partial charge in [0.15, 0.2) is 16.6 Å². The number of hydrogen-bond donors (Lipinski definition) is 0. The highest BCUT2D eigenvalue weighted by Crippen LogP contribution is 2.30. The van der Waals surface area contributed by atoms with Gasteiger partial charge in [-0.3, -0.25) is 4.79 Å². The van der Waals surface area contributed by atoms with Crippen LogP contribution in [0.5, 0.6) is 0 Å². The fourth-order valence-electron chi connectivity index (χ4n) is 1.92. The van der Waals surface area contributed by atoms with E-state index in [0.717, 1.165) is 31.1 Å². The van der Waals surface area contributed by atoms with E-state index in [2.05, 4.69) is 28.8 Å². The van der Waals surface area contributed by atoms with Crippen molar-refractivity contribution in [2.45, 2.75) is 13.0 Å². The van der Waals surface area contributed by atoms with Crippen LogP contribution in [0.4, 0.5) is 5.13 Å². The number of carbonyl (C=O) groups excluding carboxylic acids is 1. The number of aldehydes is 1. The van der Waals surface area contributed by atoms with Gasteiger partial charge in [-0.2, -0.15) is 0 Å². The van der Waals surface area contributed by atoms with E-state index >= 15 is 0 Å². The van der Waals surface area contributed by atoms with Crippen LogP contribution in [0.15, 0.2) is 0 Å². The Morgan fingerprint density at radius 1 is 1.56 bits per heavy atom. The standard InChI is InChI=1S/C10H14ClN3OS/c1-7-5-13(2)3-4-14(7)10-12-9(11)8(6-15)16-10/h6-7H,3-5H2,1-2H3. The fourth-order valence-corrected chi connectivity index (χ4v) is 3.11. The minimum absolute atomic E-state index is 0.320. The highest BCUT2D eigenvalue weighted by Gasteiger charge is 2.24. The Hall–Kier alpha value is -0.650. The lowest BCUT2D eigenvalue weighted by molar-refractivity contribution is 0.112. The second-order valence-electron chi connectivity index (χ2n) is 4.07. The van der Waals surface area contributed by atoms with Gasteiger partial charge in [-0.25, -0.2) is 4.98 Å². The molecule has 0 spiro atoms. The highest BCUT2D eigenvalue weighted by atomic mass is 35.5. The largest absolute Gasteiger partial charge is 0.343 e. The molecule has 1 atom stereocenters. The molecule has 4 nitrogen and oxygen atoms in total. The van der Waals surface area contributed by atoms with E-state index in [4.69, 9.17) is 11.6 Å². The van der Waals surface area contributed by atoms with Crippen LogP contribution in [-0.2, 0) is 0 Å². The van der Waals surface area contributed by atoms with E-state index in [0.29, 0.717) is 16.1 Å². The number of thiazole rings is 1. The average molecular weight is 260 g/mol. The van der Waals surface area contributed by atoms with E-state index < -0.39 is 0 Å². The predicted molar refractivity (Wildman–Crippen MR) is 66.8 cm³/mol. The van der Waals surface area contributed by atoms with Crippen molar-refractivity contribution in [2.24, 2.45) is 0 Å². The second-order valence-corrected chi connectivity index (χ2v) is 5.44. The molecule has 1 aliphatic rings. The SMILES string of the molecule is CC1CN(C)CCN1c1nc(Cl)c(C=O)s1. The molecule has 88 valence electrons. The molecular formula is C10H14ClN3OS. The number of anilines is 1. The van der Waals surface area contributed by atoms with Crippen LogP contribution in [0.1, 0.15) is 16.6 Å².